The van der Waals surface area contributed by atoms with Gasteiger partial charge in [-0.1, -0.05) is 0 Å². The van der Waals surface area contributed by atoms with E-state index in [2.05, 4.69) is 15.7 Å². The molecule has 27 heavy (non-hydrogen) atoms. The molecule has 4 rings (SSSR count). The first-order valence-electron chi connectivity index (χ1n) is 8.95. The Morgan fingerprint density at radius 3 is 2.78 bits per heavy atom. The first kappa shape index (κ1) is 17.9. The predicted molar refractivity (Wildman–Crippen MR) is 103 cm³/mol. The average Bonchev–Trinajstić information content (AvgIpc) is 3.38. The van der Waals surface area contributed by atoms with E-state index in [9.17, 15) is 0 Å². The van der Waals surface area contributed by atoms with Crippen LogP contribution in [-0.2, 0) is 10.4 Å². The van der Waals surface area contributed by atoms with Gasteiger partial charge in [0.1, 0.15) is 0 Å². The number of hydrogen-bond donors (Lipinski definition) is 3. The Morgan fingerprint density at radius 2 is 2.11 bits per heavy atom. The first-order chi connectivity index (χ1) is 13.0. The van der Waals surface area contributed by atoms with Gasteiger partial charge in [-0.05, 0) is 69.1 Å². The Bertz CT molecular complexity index is 931. The number of rotatable bonds is 5. The SMILES string of the molecule is COc1ccc(C2=CC(C)(c3n[nH]c(=S)n3N)ON2)cc1OC1CCCC1. The van der Waals surface area contributed by atoms with Crippen LogP contribution in [-0.4, -0.2) is 28.1 Å². The fourth-order valence-corrected chi connectivity index (χ4v) is 3.66. The smallest absolute Gasteiger partial charge is 0.214 e. The highest BCUT2D eigenvalue weighted by Gasteiger charge is 2.37. The number of nitrogens with two attached hydrogens (primary N) is 1. The number of ether oxygens (including phenoxy) is 2. The van der Waals surface area contributed by atoms with Crippen LogP contribution in [0.4, 0.5) is 0 Å². The number of nitrogens with one attached hydrogen (secondary N) is 2. The van der Waals surface area contributed by atoms with E-state index in [0.29, 0.717) is 10.6 Å². The molecule has 1 atom stereocenters. The summed E-state index contributed by atoms with van der Waals surface area (Å²) in [4.78, 5) is 5.77. The molecule has 2 aliphatic rings. The standard InChI is InChI=1S/C18H23N5O3S/c1-18(16-20-21-17(27)23(16)19)10-13(22-26-18)11-7-8-14(24-2)15(9-11)25-12-5-3-4-6-12/h7-10,12,22H,3-6,19H2,1-2H3,(H,21,27). The maximum atomic E-state index is 6.18. The van der Waals surface area contributed by atoms with Crippen molar-refractivity contribution >= 4 is 17.9 Å². The third-order valence-corrected chi connectivity index (χ3v) is 5.30. The molecule has 1 aliphatic carbocycles. The normalized spacial score (nSPS) is 22.5. The predicted octanol–water partition coefficient (Wildman–Crippen LogP) is 2.78. The summed E-state index contributed by atoms with van der Waals surface area (Å²) in [6.07, 6.45) is 6.73. The molecule has 1 aliphatic heterocycles. The number of nitrogen functional groups attached to an aromatic ring is 1. The third kappa shape index (κ3) is 3.28. The largest absolute Gasteiger partial charge is 0.493 e. The number of nitrogens with zero attached hydrogens (tertiary/aromatic N) is 2. The molecule has 0 saturated heterocycles. The van der Waals surface area contributed by atoms with E-state index >= 15 is 0 Å². The summed E-state index contributed by atoms with van der Waals surface area (Å²) in [5.41, 5.74) is 3.83. The minimum Gasteiger partial charge on any atom is -0.493 e. The van der Waals surface area contributed by atoms with Crippen molar-refractivity contribution in [3.63, 3.8) is 0 Å². The summed E-state index contributed by atoms with van der Waals surface area (Å²) < 4.78 is 13.3. The summed E-state index contributed by atoms with van der Waals surface area (Å²) in [7, 11) is 1.65. The van der Waals surface area contributed by atoms with Gasteiger partial charge in [-0.3, -0.25) is 15.4 Å². The van der Waals surface area contributed by atoms with Gasteiger partial charge in [-0.25, -0.2) is 4.68 Å². The molecule has 1 fully saturated rings. The molecule has 0 radical (unpaired) electrons. The van der Waals surface area contributed by atoms with Gasteiger partial charge in [-0.2, -0.15) is 5.10 Å². The molecule has 2 heterocycles. The Hall–Kier alpha value is -2.52. The van der Waals surface area contributed by atoms with Crippen LogP contribution < -0.4 is 20.8 Å². The Labute approximate surface area is 162 Å². The van der Waals surface area contributed by atoms with Crippen molar-refractivity contribution in [1.29, 1.82) is 0 Å². The highest BCUT2D eigenvalue weighted by atomic mass is 32.1. The van der Waals surface area contributed by atoms with Gasteiger partial charge in [0.15, 0.2) is 22.9 Å². The summed E-state index contributed by atoms with van der Waals surface area (Å²) in [5, 5.41) is 6.85. The minimum atomic E-state index is -0.857. The zero-order chi connectivity index (χ0) is 19.0. The first-order valence-corrected chi connectivity index (χ1v) is 9.36. The highest BCUT2D eigenvalue weighted by Crippen LogP contribution is 2.37. The van der Waals surface area contributed by atoms with Gasteiger partial charge in [0.2, 0.25) is 4.77 Å². The van der Waals surface area contributed by atoms with Crippen molar-refractivity contribution in [3.8, 4) is 11.5 Å². The highest BCUT2D eigenvalue weighted by molar-refractivity contribution is 7.71. The van der Waals surface area contributed by atoms with Crippen LogP contribution in [0.2, 0.25) is 0 Å². The fraction of sp³-hybridized carbons (Fsp3) is 0.444. The van der Waals surface area contributed by atoms with E-state index in [1.165, 1.54) is 17.5 Å². The van der Waals surface area contributed by atoms with E-state index in [1.807, 2.05) is 31.2 Å². The molecule has 144 valence electrons. The molecule has 9 heteroatoms. The molecule has 0 spiro atoms. The lowest BCUT2D eigenvalue weighted by Crippen LogP contribution is -2.30. The van der Waals surface area contributed by atoms with E-state index in [0.717, 1.165) is 35.6 Å². The van der Waals surface area contributed by atoms with Crippen LogP contribution in [0.15, 0.2) is 24.3 Å². The number of benzene rings is 1. The Morgan fingerprint density at radius 1 is 1.33 bits per heavy atom. The number of H-pyrrole nitrogens is 1. The second-order valence-electron chi connectivity index (χ2n) is 6.98. The number of aromatic nitrogens is 3. The van der Waals surface area contributed by atoms with Crippen LogP contribution in [0, 0.1) is 4.77 Å². The van der Waals surface area contributed by atoms with Crippen LogP contribution in [0.1, 0.15) is 44.0 Å². The van der Waals surface area contributed by atoms with Gasteiger partial charge >= 0.3 is 0 Å². The van der Waals surface area contributed by atoms with Crippen molar-refractivity contribution in [3.05, 3.63) is 40.4 Å². The molecular weight excluding hydrogens is 366 g/mol. The van der Waals surface area contributed by atoms with Crippen LogP contribution in [0.25, 0.3) is 5.70 Å². The van der Waals surface area contributed by atoms with Crippen LogP contribution in [0.5, 0.6) is 11.5 Å². The lowest BCUT2D eigenvalue weighted by Gasteiger charge is -2.18. The molecule has 1 aromatic carbocycles. The molecule has 4 N–H and O–H groups in total. The topological polar surface area (TPSA) is 99.4 Å². The summed E-state index contributed by atoms with van der Waals surface area (Å²) in [6, 6.07) is 5.81. The average molecular weight is 389 g/mol. The van der Waals surface area contributed by atoms with E-state index in [-0.39, 0.29) is 6.10 Å². The monoisotopic (exact) mass is 389 g/mol. The molecule has 1 saturated carbocycles. The van der Waals surface area contributed by atoms with Crippen molar-refractivity contribution in [2.75, 3.05) is 13.0 Å². The second kappa shape index (κ2) is 6.90. The number of aromatic amines is 1. The van der Waals surface area contributed by atoms with E-state index in [1.54, 1.807) is 7.11 Å². The summed E-state index contributed by atoms with van der Waals surface area (Å²) in [6.45, 7) is 1.86. The van der Waals surface area contributed by atoms with Gasteiger partial charge in [0.25, 0.3) is 0 Å². The number of hydroxylamine groups is 1. The molecule has 0 amide bonds. The molecule has 1 unspecified atom stereocenters. The lowest BCUT2D eigenvalue weighted by atomic mass is 10.0. The zero-order valence-corrected chi connectivity index (χ0v) is 16.1. The molecule has 2 aromatic rings. The van der Waals surface area contributed by atoms with Gasteiger partial charge in [0.05, 0.1) is 18.9 Å². The second-order valence-corrected chi connectivity index (χ2v) is 7.37. The quantitative estimate of drug-likeness (QED) is 0.534. The van der Waals surface area contributed by atoms with Crippen molar-refractivity contribution < 1.29 is 14.3 Å². The Balaban J connectivity index is 1.65. The van der Waals surface area contributed by atoms with Gasteiger partial charge < -0.3 is 15.3 Å². The third-order valence-electron chi connectivity index (χ3n) is 5.01. The van der Waals surface area contributed by atoms with Crippen LogP contribution in [0.3, 0.4) is 0 Å². The van der Waals surface area contributed by atoms with Crippen LogP contribution >= 0.6 is 12.2 Å². The Kier molecular flexibility index (Phi) is 4.56. The summed E-state index contributed by atoms with van der Waals surface area (Å²) >= 11 is 5.09. The maximum Gasteiger partial charge on any atom is 0.214 e. The van der Waals surface area contributed by atoms with E-state index < -0.39 is 5.60 Å². The molecular formula is C18H23N5O3S. The fourth-order valence-electron chi connectivity index (χ4n) is 3.52. The number of methoxy groups -OCH3 is 1. The molecule has 0 bridgehead atoms. The van der Waals surface area contributed by atoms with Gasteiger partial charge in [-0.15, -0.1) is 0 Å². The minimum absolute atomic E-state index is 0.243. The van der Waals surface area contributed by atoms with E-state index in [4.69, 9.17) is 32.4 Å². The van der Waals surface area contributed by atoms with Crippen molar-refractivity contribution in [2.45, 2.75) is 44.3 Å². The van der Waals surface area contributed by atoms with Crippen molar-refractivity contribution in [1.82, 2.24) is 20.4 Å². The van der Waals surface area contributed by atoms with Crippen molar-refractivity contribution in [2.24, 2.45) is 0 Å². The molecule has 8 nitrogen and oxygen atoms in total. The molecule has 1 aromatic heterocycles. The van der Waals surface area contributed by atoms with Gasteiger partial charge in [0, 0.05) is 5.56 Å². The summed E-state index contributed by atoms with van der Waals surface area (Å²) in [5.74, 6) is 7.88. The zero-order valence-electron chi connectivity index (χ0n) is 15.3. The number of hydrogen-bond acceptors (Lipinski definition) is 7. The maximum absolute atomic E-state index is 6.18. The lowest BCUT2D eigenvalue weighted by molar-refractivity contribution is -0.0323.